The predicted octanol–water partition coefficient (Wildman–Crippen LogP) is 8.39. The summed E-state index contributed by atoms with van der Waals surface area (Å²) >= 11 is 2.62. The molecule has 13 heteroatoms. The summed E-state index contributed by atoms with van der Waals surface area (Å²) in [5.41, 5.74) is 10.1. The minimum absolute atomic E-state index is 0. The zero-order valence-corrected chi connectivity index (χ0v) is 32.0. The SMILES string of the molecule is C.CCOC(=O)Cc1csc(N)n1.CCOC(=O)Cc1csc(NC(=O)C(c2ccccc2)c2ccccc2)n1.O=C(O)C(c1ccccc1)c1ccccc1. The molecule has 0 aliphatic rings. The zero-order valence-electron chi connectivity index (χ0n) is 30.4. The quantitative estimate of drug-likeness (QED) is 0.0965. The third-order valence-corrected chi connectivity index (χ3v) is 9.18. The van der Waals surface area contributed by atoms with Crippen molar-refractivity contribution in [3.05, 3.63) is 166 Å². The largest absolute Gasteiger partial charge is 0.481 e. The van der Waals surface area contributed by atoms with E-state index in [1.54, 1.807) is 24.6 Å². The van der Waals surface area contributed by atoms with Gasteiger partial charge in [0.15, 0.2) is 10.3 Å². The number of nitrogens with one attached hydrogen (secondary N) is 1. The third-order valence-electron chi connectivity index (χ3n) is 7.65. The maximum Gasteiger partial charge on any atom is 0.315 e. The first-order valence-corrected chi connectivity index (χ1v) is 19.1. The first kappa shape index (κ1) is 44.2. The van der Waals surface area contributed by atoms with Gasteiger partial charge in [-0.2, -0.15) is 0 Å². The number of hydrogen-bond donors (Lipinski definition) is 3. The average Bonchev–Trinajstić information content (AvgIpc) is 3.81. The number of anilines is 2. The number of benzene rings is 4. The van der Waals surface area contributed by atoms with E-state index in [9.17, 15) is 24.3 Å². The van der Waals surface area contributed by atoms with E-state index in [-0.39, 0.29) is 38.1 Å². The van der Waals surface area contributed by atoms with Gasteiger partial charge in [-0.3, -0.25) is 19.2 Å². The highest BCUT2D eigenvalue weighted by Crippen LogP contribution is 2.28. The number of carbonyl (C=O) groups is 4. The number of esters is 2. The number of carboxylic acid groups (broad SMARTS) is 1. The fraction of sp³-hybridized carbons (Fsp3) is 0.209. The average molecular weight is 795 g/mol. The van der Waals surface area contributed by atoms with E-state index < -0.39 is 17.8 Å². The Morgan fingerprint density at radius 2 is 1.00 bits per heavy atom. The molecule has 0 fully saturated rings. The number of aromatic nitrogens is 2. The van der Waals surface area contributed by atoms with Crippen LogP contribution in [0.2, 0.25) is 0 Å². The first-order chi connectivity index (χ1) is 26.7. The van der Waals surface area contributed by atoms with Gasteiger partial charge in [-0.05, 0) is 36.1 Å². The molecule has 0 aliphatic heterocycles. The van der Waals surface area contributed by atoms with E-state index in [4.69, 9.17) is 15.2 Å². The Hall–Kier alpha value is -6.18. The summed E-state index contributed by atoms with van der Waals surface area (Å²) in [5, 5.41) is 16.6. The van der Waals surface area contributed by atoms with Crippen LogP contribution < -0.4 is 11.1 Å². The molecule has 0 saturated carbocycles. The fourth-order valence-corrected chi connectivity index (χ4v) is 6.58. The second-order valence-electron chi connectivity index (χ2n) is 11.6. The van der Waals surface area contributed by atoms with Crippen molar-refractivity contribution >= 4 is 56.8 Å². The Morgan fingerprint density at radius 1 is 0.625 bits per heavy atom. The van der Waals surface area contributed by atoms with Crippen molar-refractivity contribution in [1.82, 2.24) is 9.97 Å². The number of rotatable bonds is 13. The van der Waals surface area contributed by atoms with Crippen molar-refractivity contribution in [1.29, 1.82) is 0 Å². The molecule has 4 N–H and O–H groups in total. The van der Waals surface area contributed by atoms with E-state index in [1.165, 1.54) is 22.7 Å². The molecule has 6 rings (SSSR count). The van der Waals surface area contributed by atoms with Crippen molar-refractivity contribution in [2.75, 3.05) is 24.3 Å². The minimum atomic E-state index is -0.822. The van der Waals surface area contributed by atoms with Gasteiger partial charge in [-0.1, -0.05) is 129 Å². The smallest absolute Gasteiger partial charge is 0.315 e. The highest BCUT2D eigenvalue weighted by atomic mass is 32.1. The maximum atomic E-state index is 13.0. The number of nitrogens with zero attached hydrogens (tertiary/aromatic N) is 2. The molecule has 56 heavy (non-hydrogen) atoms. The van der Waals surface area contributed by atoms with Gasteiger partial charge in [0.05, 0.1) is 43.4 Å². The van der Waals surface area contributed by atoms with Crippen molar-refractivity contribution in [2.45, 2.75) is 46.0 Å². The summed E-state index contributed by atoms with van der Waals surface area (Å²) in [5.74, 6) is -2.59. The van der Waals surface area contributed by atoms with Crippen LogP contribution in [-0.2, 0) is 41.5 Å². The van der Waals surface area contributed by atoms with Gasteiger partial charge in [0.1, 0.15) is 5.92 Å². The van der Waals surface area contributed by atoms with E-state index in [2.05, 4.69) is 15.3 Å². The van der Waals surface area contributed by atoms with Crippen LogP contribution in [0.4, 0.5) is 10.3 Å². The number of carbonyl (C=O) groups excluding carboxylic acids is 3. The number of hydrogen-bond acceptors (Lipinski definition) is 11. The molecule has 4 aromatic carbocycles. The van der Waals surface area contributed by atoms with E-state index in [1.807, 2.05) is 121 Å². The lowest BCUT2D eigenvalue weighted by molar-refractivity contribution is -0.143. The molecule has 6 aromatic rings. The van der Waals surface area contributed by atoms with E-state index >= 15 is 0 Å². The normalized spacial score (nSPS) is 10.1. The number of thiazole rings is 2. The highest BCUT2D eigenvalue weighted by molar-refractivity contribution is 7.14. The van der Waals surface area contributed by atoms with Crippen LogP contribution in [0.15, 0.2) is 132 Å². The Bertz CT molecular complexity index is 2000. The van der Waals surface area contributed by atoms with Gasteiger partial charge in [0, 0.05) is 10.8 Å². The number of nitrogens with two attached hydrogens (primary N) is 1. The molecule has 11 nitrogen and oxygen atoms in total. The van der Waals surface area contributed by atoms with Gasteiger partial charge in [0.25, 0.3) is 0 Å². The summed E-state index contributed by atoms with van der Waals surface area (Å²) in [7, 11) is 0. The summed E-state index contributed by atoms with van der Waals surface area (Å²) < 4.78 is 9.67. The minimum Gasteiger partial charge on any atom is -0.481 e. The molecule has 0 atom stereocenters. The second-order valence-corrected chi connectivity index (χ2v) is 13.4. The molecule has 2 aromatic heterocycles. The van der Waals surface area contributed by atoms with Crippen molar-refractivity contribution in [2.24, 2.45) is 0 Å². The van der Waals surface area contributed by atoms with Crippen molar-refractivity contribution < 1.29 is 33.8 Å². The number of aliphatic carboxylic acids is 1. The standard InChI is InChI=1S/C21H20N2O3S.C14H12O2.C7H10N2O2S.CH4/c1-2-26-18(24)13-17-14-27-21(22-17)23-20(25)19(15-9-5-3-6-10-15)16-11-7-4-8-12-16;15-14(16)13(11-7-3-1-4-8-11)12-9-5-2-6-10-12;1-2-11-6(10)3-5-4-12-7(8)9-5;/h3-12,14,19H,2,13H2,1H3,(H,22,23,25);1-10,13H,(H,15,16);4H,2-3H2,1H3,(H2,8,9);1H4. The second kappa shape index (κ2) is 23.6. The van der Waals surface area contributed by atoms with Gasteiger partial charge in [-0.15, -0.1) is 22.7 Å². The van der Waals surface area contributed by atoms with Gasteiger partial charge in [-0.25, -0.2) is 9.97 Å². The Morgan fingerprint density at radius 3 is 1.36 bits per heavy atom. The van der Waals surface area contributed by atoms with Crippen LogP contribution in [0.5, 0.6) is 0 Å². The van der Waals surface area contributed by atoms with Crippen LogP contribution >= 0.6 is 22.7 Å². The molecule has 0 bridgehead atoms. The predicted molar refractivity (Wildman–Crippen MR) is 222 cm³/mol. The lowest BCUT2D eigenvalue weighted by Gasteiger charge is -2.17. The molecule has 292 valence electrons. The first-order valence-electron chi connectivity index (χ1n) is 17.4. The molecular weight excluding hydrogens is 749 g/mol. The monoisotopic (exact) mass is 794 g/mol. The van der Waals surface area contributed by atoms with E-state index in [0.29, 0.717) is 34.9 Å². The molecule has 0 radical (unpaired) electrons. The summed E-state index contributed by atoms with van der Waals surface area (Å²) in [6.07, 6.45) is 0.308. The number of ether oxygens (including phenoxy) is 2. The summed E-state index contributed by atoms with van der Waals surface area (Å²) in [6, 6.07) is 37.8. The van der Waals surface area contributed by atoms with Crippen LogP contribution in [-0.4, -0.2) is 52.1 Å². The van der Waals surface area contributed by atoms with Gasteiger partial charge < -0.3 is 25.6 Å². The molecular formula is C43H46N4O7S2. The molecule has 0 spiro atoms. The van der Waals surface area contributed by atoms with Gasteiger partial charge in [0.2, 0.25) is 5.91 Å². The van der Waals surface area contributed by atoms with Crippen molar-refractivity contribution in [3.63, 3.8) is 0 Å². The number of amides is 1. The lowest BCUT2D eigenvalue weighted by atomic mass is 9.90. The van der Waals surface area contributed by atoms with Crippen LogP contribution in [0.3, 0.4) is 0 Å². The zero-order chi connectivity index (χ0) is 39.4. The van der Waals surface area contributed by atoms with Crippen LogP contribution in [0.1, 0.15) is 66.8 Å². The topological polar surface area (TPSA) is 171 Å². The van der Waals surface area contributed by atoms with E-state index in [0.717, 1.165) is 22.3 Å². The number of carboxylic acids is 1. The lowest BCUT2D eigenvalue weighted by Crippen LogP contribution is -2.22. The molecule has 0 unspecified atom stereocenters. The summed E-state index contributed by atoms with van der Waals surface area (Å²) in [4.78, 5) is 55.1. The summed E-state index contributed by atoms with van der Waals surface area (Å²) in [6.45, 7) is 4.27. The van der Waals surface area contributed by atoms with Crippen molar-refractivity contribution in [3.8, 4) is 0 Å². The van der Waals surface area contributed by atoms with Crippen LogP contribution in [0.25, 0.3) is 0 Å². The number of nitrogen functional groups attached to an aromatic ring is 1. The van der Waals surface area contributed by atoms with Gasteiger partial charge >= 0.3 is 17.9 Å². The third kappa shape index (κ3) is 14.2. The molecule has 0 aliphatic carbocycles. The molecule has 1 amide bonds. The highest BCUT2D eigenvalue weighted by Gasteiger charge is 2.24. The van der Waals surface area contributed by atoms with Crippen LogP contribution in [0, 0.1) is 0 Å². The maximum absolute atomic E-state index is 13.0. The Kier molecular flexibility index (Phi) is 18.6. The Balaban J connectivity index is 0.000000246. The Labute approximate surface area is 335 Å². The molecule has 0 saturated heterocycles. The molecule has 2 heterocycles. The fourth-order valence-electron chi connectivity index (χ4n) is 5.30.